The van der Waals surface area contributed by atoms with Gasteiger partial charge in [-0.05, 0) is 37.0 Å². The maximum Gasteiger partial charge on any atom is 0.220 e. The molecule has 1 amide bonds. The minimum absolute atomic E-state index is 0.127. The summed E-state index contributed by atoms with van der Waals surface area (Å²) < 4.78 is 2.02. The molecule has 1 aromatic heterocycles. The number of hydrogen-bond donors (Lipinski definition) is 1. The van der Waals surface area contributed by atoms with E-state index in [0.717, 1.165) is 12.8 Å². The van der Waals surface area contributed by atoms with Crippen molar-refractivity contribution in [2.75, 3.05) is 6.54 Å². The molecule has 0 aliphatic carbocycles. The summed E-state index contributed by atoms with van der Waals surface area (Å²) in [6, 6.07) is 10.4. The van der Waals surface area contributed by atoms with Gasteiger partial charge in [0.1, 0.15) is 0 Å². The smallest absolute Gasteiger partial charge is 0.220 e. The molecule has 1 heterocycles. The molecule has 0 spiro atoms. The van der Waals surface area contributed by atoms with Crippen LogP contribution in [0.4, 0.5) is 0 Å². The van der Waals surface area contributed by atoms with Crippen molar-refractivity contribution in [2.45, 2.75) is 26.2 Å². The van der Waals surface area contributed by atoms with Crippen LogP contribution in [-0.4, -0.2) is 17.0 Å². The molecular weight excluding hydrogens is 248 g/mol. The largest absolute Gasteiger partial charge is 0.357 e. The van der Waals surface area contributed by atoms with Crippen molar-refractivity contribution >= 4 is 5.91 Å². The normalized spacial score (nSPS) is 10.5. The number of aromatic nitrogens is 1. The first-order valence-corrected chi connectivity index (χ1v) is 7.06. The van der Waals surface area contributed by atoms with Crippen LogP contribution in [0.3, 0.4) is 0 Å². The molecule has 1 N–H and O–H groups in total. The minimum Gasteiger partial charge on any atom is -0.357 e. The second kappa shape index (κ2) is 6.94. The third-order valence-corrected chi connectivity index (χ3v) is 3.35. The van der Waals surface area contributed by atoms with E-state index in [1.165, 1.54) is 16.7 Å². The highest BCUT2D eigenvalue weighted by Gasteiger charge is 2.02. The minimum atomic E-state index is 0.127. The Balaban J connectivity index is 1.68. The van der Waals surface area contributed by atoms with E-state index in [-0.39, 0.29) is 5.91 Å². The topological polar surface area (TPSA) is 34.0 Å². The van der Waals surface area contributed by atoms with Crippen LogP contribution in [0.2, 0.25) is 0 Å². The van der Waals surface area contributed by atoms with Crippen LogP contribution in [0.5, 0.6) is 0 Å². The molecule has 1 aromatic carbocycles. The van der Waals surface area contributed by atoms with E-state index in [9.17, 15) is 4.79 Å². The molecule has 0 aliphatic heterocycles. The summed E-state index contributed by atoms with van der Waals surface area (Å²) in [5.74, 6) is 0.127. The summed E-state index contributed by atoms with van der Waals surface area (Å²) in [7, 11) is 2.00. The van der Waals surface area contributed by atoms with Crippen LogP contribution >= 0.6 is 0 Å². The zero-order valence-corrected chi connectivity index (χ0v) is 12.2. The molecule has 3 nitrogen and oxygen atoms in total. The van der Waals surface area contributed by atoms with Crippen molar-refractivity contribution in [1.82, 2.24) is 9.88 Å². The molecule has 0 unspecified atom stereocenters. The van der Waals surface area contributed by atoms with Gasteiger partial charge in [-0.1, -0.05) is 29.8 Å². The Labute approximate surface area is 120 Å². The summed E-state index contributed by atoms with van der Waals surface area (Å²) in [4.78, 5) is 11.8. The molecule has 0 fully saturated rings. The number of hydrogen-bond acceptors (Lipinski definition) is 1. The molecule has 0 aliphatic rings. The Hall–Kier alpha value is -2.03. The van der Waals surface area contributed by atoms with Gasteiger partial charge in [-0.3, -0.25) is 4.79 Å². The fourth-order valence-electron chi connectivity index (χ4n) is 2.27. The number of nitrogens with one attached hydrogen (secondary N) is 1. The molecule has 0 atom stereocenters. The Morgan fingerprint density at radius 3 is 2.75 bits per heavy atom. The Morgan fingerprint density at radius 2 is 2.05 bits per heavy atom. The van der Waals surface area contributed by atoms with Gasteiger partial charge in [0.25, 0.3) is 0 Å². The van der Waals surface area contributed by atoms with Crippen molar-refractivity contribution < 1.29 is 4.79 Å². The Bertz CT molecular complexity index is 572. The van der Waals surface area contributed by atoms with Gasteiger partial charge in [0.05, 0.1) is 0 Å². The maximum absolute atomic E-state index is 11.8. The molecule has 0 bridgehead atoms. The second-order valence-corrected chi connectivity index (χ2v) is 5.27. The van der Waals surface area contributed by atoms with Gasteiger partial charge in [0, 0.05) is 32.4 Å². The monoisotopic (exact) mass is 270 g/mol. The molecule has 0 radical (unpaired) electrons. The number of amides is 1. The predicted octanol–water partition coefficient (Wildman–Crippen LogP) is 2.63. The second-order valence-electron chi connectivity index (χ2n) is 5.27. The number of nitrogens with zero attached hydrogens (tertiary/aromatic N) is 1. The fourth-order valence-corrected chi connectivity index (χ4v) is 2.27. The SMILES string of the molecule is Cc1cccc(CCC(=O)NCCc2ccn(C)c2)c1. The molecule has 2 aromatic rings. The first-order chi connectivity index (χ1) is 9.63. The maximum atomic E-state index is 11.8. The zero-order chi connectivity index (χ0) is 14.4. The lowest BCUT2D eigenvalue weighted by Crippen LogP contribution is -2.25. The van der Waals surface area contributed by atoms with Gasteiger partial charge < -0.3 is 9.88 Å². The van der Waals surface area contributed by atoms with Gasteiger partial charge in [-0.15, -0.1) is 0 Å². The van der Waals surface area contributed by atoms with E-state index in [2.05, 4.69) is 42.7 Å². The molecule has 0 saturated heterocycles. The van der Waals surface area contributed by atoms with E-state index in [4.69, 9.17) is 0 Å². The van der Waals surface area contributed by atoms with E-state index < -0.39 is 0 Å². The van der Waals surface area contributed by atoms with Crippen molar-refractivity contribution in [3.8, 4) is 0 Å². The van der Waals surface area contributed by atoms with Crippen LogP contribution in [0.25, 0.3) is 0 Å². The van der Waals surface area contributed by atoms with Crippen LogP contribution in [0.15, 0.2) is 42.7 Å². The van der Waals surface area contributed by atoms with E-state index in [1.54, 1.807) is 0 Å². The highest BCUT2D eigenvalue weighted by atomic mass is 16.1. The summed E-state index contributed by atoms with van der Waals surface area (Å²) in [6.45, 7) is 2.78. The van der Waals surface area contributed by atoms with Gasteiger partial charge >= 0.3 is 0 Å². The quantitative estimate of drug-likeness (QED) is 0.860. The average molecular weight is 270 g/mol. The van der Waals surface area contributed by atoms with Crippen LogP contribution in [0, 0.1) is 6.92 Å². The summed E-state index contributed by atoms with van der Waals surface area (Å²) in [5.41, 5.74) is 3.72. The van der Waals surface area contributed by atoms with E-state index >= 15 is 0 Å². The van der Waals surface area contributed by atoms with Crippen molar-refractivity contribution in [2.24, 2.45) is 7.05 Å². The highest BCUT2D eigenvalue weighted by molar-refractivity contribution is 5.76. The summed E-state index contributed by atoms with van der Waals surface area (Å²) >= 11 is 0. The van der Waals surface area contributed by atoms with Crippen molar-refractivity contribution in [1.29, 1.82) is 0 Å². The third-order valence-electron chi connectivity index (χ3n) is 3.35. The predicted molar refractivity (Wildman–Crippen MR) is 81.6 cm³/mol. The molecule has 2 rings (SSSR count). The number of rotatable bonds is 6. The van der Waals surface area contributed by atoms with Gasteiger partial charge in [0.2, 0.25) is 5.91 Å². The van der Waals surface area contributed by atoms with Gasteiger partial charge in [-0.2, -0.15) is 0 Å². The third kappa shape index (κ3) is 4.57. The molecule has 106 valence electrons. The first-order valence-electron chi connectivity index (χ1n) is 7.06. The molecule has 3 heteroatoms. The number of carbonyl (C=O) groups excluding carboxylic acids is 1. The highest BCUT2D eigenvalue weighted by Crippen LogP contribution is 2.06. The lowest BCUT2D eigenvalue weighted by Gasteiger charge is -2.05. The Morgan fingerprint density at radius 1 is 1.20 bits per heavy atom. The van der Waals surface area contributed by atoms with E-state index in [0.29, 0.717) is 13.0 Å². The summed E-state index contributed by atoms with van der Waals surface area (Å²) in [5, 5.41) is 2.98. The molecule has 20 heavy (non-hydrogen) atoms. The van der Waals surface area contributed by atoms with Crippen molar-refractivity contribution in [3.63, 3.8) is 0 Å². The average Bonchev–Trinajstić information content (AvgIpc) is 2.82. The van der Waals surface area contributed by atoms with Crippen LogP contribution in [-0.2, 0) is 24.7 Å². The van der Waals surface area contributed by atoms with Crippen LogP contribution in [0.1, 0.15) is 23.1 Å². The number of aryl methyl sites for hydroxylation is 3. The van der Waals surface area contributed by atoms with Gasteiger partial charge in [-0.25, -0.2) is 0 Å². The lowest BCUT2D eigenvalue weighted by atomic mass is 10.1. The van der Waals surface area contributed by atoms with E-state index in [1.807, 2.05) is 23.9 Å². The molecular formula is C17H22N2O. The lowest BCUT2D eigenvalue weighted by molar-refractivity contribution is -0.121. The first kappa shape index (κ1) is 14.4. The molecule has 0 saturated carbocycles. The standard InChI is InChI=1S/C17H22N2O/c1-14-4-3-5-15(12-14)6-7-17(20)18-10-8-16-9-11-19(2)13-16/h3-5,9,11-13H,6-8,10H2,1-2H3,(H,18,20). The summed E-state index contributed by atoms with van der Waals surface area (Å²) in [6.07, 6.45) is 6.35. The number of carbonyl (C=O) groups is 1. The number of benzene rings is 1. The van der Waals surface area contributed by atoms with Crippen molar-refractivity contribution in [3.05, 3.63) is 59.4 Å². The Kier molecular flexibility index (Phi) is 4.99. The fraction of sp³-hybridized carbons (Fsp3) is 0.353. The zero-order valence-electron chi connectivity index (χ0n) is 12.2. The van der Waals surface area contributed by atoms with Gasteiger partial charge in [0.15, 0.2) is 0 Å². The van der Waals surface area contributed by atoms with Crippen LogP contribution < -0.4 is 5.32 Å².